The topological polar surface area (TPSA) is 55.9 Å². The number of hydrogen-bond acceptors (Lipinski definition) is 4. The Kier molecular flexibility index (Phi) is 2.17. The lowest BCUT2D eigenvalue weighted by molar-refractivity contribution is -0.142. The van der Waals surface area contributed by atoms with Crippen LogP contribution >= 0.6 is 0 Å². The van der Waals surface area contributed by atoms with Gasteiger partial charge in [-0.2, -0.15) is 0 Å². The molecule has 0 aromatic heterocycles. The Morgan fingerprint density at radius 1 is 1.28 bits per heavy atom. The predicted octanol–water partition coefficient (Wildman–Crippen LogP) is 1.82. The molecule has 1 aromatic rings. The zero-order chi connectivity index (χ0) is 13.0. The van der Waals surface area contributed by atoms with Crippen molar-refractivity contribution in [3.8, 4) is 0 Å². The lowest BCUT2D eigenvalue weighted by atomic mass is 9.86. The lowest BCUT2D eigenvalue weighted by Crippen LogP contribution is -2.26. The first kappa shape index (κ1) is 11.4. The smallest absolute Gasteiger partial charge is 0.342 e. The number of cyclic esters (lactones) is 1. The van der Waals surface area contributed by atoms with Crippen LogP contribution in [-0.4, -0.2) is 24.0 Å². The molecule has 4 heteroatoms. The zero-order valence-electron chi connectivity index (χ0n) is 10.4. The fraction of sp³-hybridized carbons (Fsp3) is 0.429. The monoisotopic (exact) mass is 246 g/mol. The van der Waals surface area contributed by atoms with Gasteiger partial charge >= 0.3 is 5.97 Å². The summed E-state index contributed by atoms with van der Waals surface area (Å²) in [5.41, 5.74) is 0.151. The molecule has 2 heterocycles. The maximum atomic E-state index is 11.7. The fourth-order valence-electron chi connectivity index (χ4n) is 2.67. The van der Waals surface area contributed by atoms with Gasteiger partial charge in [0.25, 0.3) is 0 Å². The van der Waals surface area contributed by atoms with Crippen LogP contribution in [0.25, 0.3) is 0 Å². The van der Waals surface area contributed by atoms with Crippen LogP contribution in [0.1, 0.15) is 36.2 Å². The van der Waals surface area contributed by atoms with E-state index in [1.165, 1.54) is 6.92 Å². The van der Waals surface area contributed by atoms with Gasteiger partial charge in [0.05, 0.1) is 6.61 Å². The van der Waals surface area contributed by atoms with Crippen molar-refractivity contribution in [2.75, 3.05) is 6.61 Å². The maximum absolute atomic E-state index is 11.7. The molecular weight excluding hydrogens is 232 g/mol. The van der Waals surface area contributed by atoms with Crippen LogP contribution in [-0.2, 0) is 19.9 Å². The van der Waals surface area contributed by atoms with Gasteiger partial charge in [-0.05, 0) is 19.4 Å². The van der Waals surface area contributed by atoms with Crippen LogP contribution in [0.2, 0.25) is 0 Å². The molecule has 2 aliphatic rings. The van der Waals surface area contributed by atoms with E-state index in [0.29, 0.717) is 18.6 Å². The van der Waals surface area contributed by atoms with E-state index in [-0.39, 0.29) is 11.8 Å². The van der Waals surface area contributed by atoms with Crippen LogP contribution < -0.4 is 0 Å². The summed E-state index contributed by atoms with van der Waals surface area (Å²) in [6.45, 7) is 3.84. The second kappa shape index (κ2) is 3.42. The molecule has 1 spiro atoms. The van der Waals surface area contributed by atoms with Crippen molar-refractivity contribution in [3.63, 3.8) is 0 Å². The highest BCUT2D eigenvalue weighted by atomic mass is 16.7. The minimum Gasteiger partial charge on any atom is -0.463 e. The molecule has 18 heavy (non-hydrogen) atoms. The Labute approximate surface area is 105 Å². The fourth-order valence-corrected chi connectivity index (χ4v) is 2.67. The summed E-state index contributed by atoms with van der Waals surface area (Å²) >= 11 is 0. The number of carbonyl (C=O) groups is 2. The van der Waals surface area contributed by atoms with Gasteiger partial charge in [0.15, 0.2) is 5.78 Å². The van der Waals surface area contributed by atoms with E-state index in [4.69, 9.17) is 9.47 Å². The molecular formula is C14H14O4. The first-order chi connectivity index (χ1) is 8.49. The van der Waals surface area contributed by atoms with Gasteiger partial charge in [-0.3, -0.25) is 4.79 Å². The number of hydrogen-bond donors (Lipinski definition) is 0. The molecule has 1 aromatic carbocycles. The molecule has 4 nitrogen and oxygen atoms in total. The molecule has 0 radical (unpaired) electrons. The number of Topliss-reactive ketones (excluding diaryl/α,β-unsaturated/α-hetero) is 1. The molecule has 2 atom stereocenters. The van der Waals surface area contributed by atoms with Gasteiger partial charge < -0.3 is 9.47 Å². The summed E-state index contributed by atoms with van der Waals surface area (Å²) in [6.07, 6.45) is 0.594. The standard InChI is InChI=1S/C14H14O4/c1-9(15)10-3-5-11(6-4-10)13(2)14(18-13)7-8-17-12(14)16/h3-6H,7-8H2,1-2H3/t13-,14-/m1/s1. The number of ketones is 1. The average molecular weight is 246 g/mol. The van der Waals surface area contributed by atoms with E-state index in [0.717, 1.165) is 5.56 Å². The van der Waals surface area contributed by atoms with E-state index in [1.807, 2.05) is 19.1 Å². The van der Waals surface area contributed by atoms with Crippen molar-refractivity contribution in [1.29, 1.82) is 0 Å². The zero-order valence-corrected chi connectivity index (χ0v) is 10.4. The number of carbonyl (C=O) groups excluding carboxylic acids is 2. The SMILES string of the molecule is CC(=O)c1ccc([C@@]2(C)O[C@@]23CCOC3=O)cc1. The van der Waals surface area contributed by atoms with Gasteiger partial charge in [-0.1, -0.05) is 24.3 Å². The van der Waals surface area contributed by atoms with Gasteiger partial charge in [0.2, 0.25) is 5.60 Å². The van der Waals surface area contributed by atoms with Crippen LogP contribution in [0.15, 0.2) is 24.3 Å². The Balaban J connectivity index is 1.92. The first-order valence-electron chi connectivity index (χ1n) is 5.98. The number of epoxide rings is 1. The Morgan fingerprint density at radius 3 is 2.44 bits per heavy atom. The second-order valence-corrected chi connectivity index (χ2v) is 4.98. The van der Waals surface area contributed by atoms with Crippen LogP contribution in [0.3, 0.4) is 0 Å². The van der Waals surface area contributed by atoms with E-state index < -0.39 is 11.2 Å². The third kappa shape index (κ3) is 1.29. The Bertz CT molecular complexity index is 533. The maximum Gasteiger partial charge on any atom is 0.342 e. The summed E-state index contributed by atoms with van der Waals surface area (Å²) in [5.74, 6) is -0.251. The minimum atomic E-state index is -0.801. The normalized spacial score (nSPS) is 33.6. The molecule has 94 valence electrons. The molecule has 0 bridgehead atoms. The molecule has 0 saturated carbocycles. The average Bonchev–Trinajstić information content (AvgIpc) is 2.80. The quantitative estimate of drug-likeness (QED) is 0.454. The van der Waals surface area contributed by atoms with E-state index >= 15 is 0 Å². The van der Waals surface area contributed by atoms with Gasteiger partial charge in [-0.25, -0.2) is 4.79 Å². The predicted molar refractivity (Wildman–Crippen MR) is 63.2 cm³/mol. The highest BCUT2D eigenvalue weighted by molar-refractivity contribution is 5.94. The summed E-state index contributed by atoms with van der Waals surface area (Å²) in [6, 6.07) is 7.21. The van der Waals surface area contributed by atoms with Crippen LogP contribution in [0, 0.1) is 0 Å². The van der Waals surface area contributed by atoms with Gasteiger partial charge in [0, 0.05) is 12.0 Å². The Morgan fingerprint density at radius 2 is 1.94 bits per heavy atom. The van der Waals surface area contributed by atoms with Crippen molar-refractivity contribution in [2.45, 2.75) is 31.5 Å². The number of benzene rings is 1. The third-order valence-corrected chi connectivity index (χ3v) is 3.97. The largest absolute Gasteiger partial charge is 0.463 e. The molecule has 0 unspecified atom stereocenters. The molecule has 2 saturated heterocycles. The highest BCUT2D eigenvalue weighted by Gasteiger charge is 2.75. The molecule has 0 amide bonds. The molecule has 2 fully saturated rings. The van der Waals surface area contributed by atoms with Crippen molar-refractivity contribution in [2.24, 2.45) is 0 Å². The molecule has 0 N–H and O–H groups in total. The minimum absolute atomic E-state index is 0.0263. The second-order valence-electron chi connectivity index (χ2n) is 4.98. The van der Waals surface area contributed by atoms with Crippen molar-refractivity contribution in [1.82, 2.24) is 0 Å². The Hall–Kier alpha value is -1.68. The van der Waals surface area contributed by atoms with E-state index in [1.54, 1.807) is 12.1 Å². The van der Waals surface area contributed by atoms with Crippen LogP contribution in [0.5, 0.6) is 0 Å². The summed E-state index contributed by atoms with van der Waals surface area (Å²) in [4.78, 5) is 22.9. The van der Waals surface area contributed by atoms with E-state index in [2.05, 4.69) is 0 Å². The number of rotatable bonds is 2. The van der Waals surface area contributed by atoms with Crippen molar-refractivity contribution in [3.05, 3.63) is 35.4 Å². The summed E-state index contributed by atoms with van der Waals surface area (Å²) < 4.78 is 10.7. The van der Waals surface area contributed by atoms with Crippen molar-refractivity contribution >= 4 is 11.8 Å². The summed E-state index contributed by atoms with van der Waals surface area (Å²) in [5, 5.41) is 0. The van der Waals surface area contributed by atoms with Crippen molar-refractivity contribution < 1.29 is 19.1 Å². The first-order valence-corrected chi connectivity index (χ1v) is 5.98. The van der Waals surface area contributed by atoms with Gasteiger partial charge in [-0.15, -0.1) is 0 Å². The van der Waals surface area contributed by atoms with E-state index in [9.17, 15) is 9.59 Å². The highest BCUT2D eigenvalue weighted by Crippen LogP contribution is 2.60. The number of ether oxygens (including phenoxy) is 2. The van der Waals surface area contributed by atoms with Crippen LogP contribution in [0.4, 0.5) is 0 Å². The van der Waals surface area contributed by atoms with Gasteiger partial charge in [0.1, 0.15) is 5.60 Å². The number of esters is 1. The molecule has 2 aliphatic heterocycles. The third-order valence-electron chi connectivity index (χ3n) is 3.97. The molecule has 3 rings (SSSR count). The lowest BCUT2D eigenvalue weighted by Gasteiger charge is -2.09. The summed E-state index contributed by atoms with van der Waals surface area (Å²) in [7, 11) is 0. The molecule has 0 aliphatic carbocycles.